The molecule has 1 saturated heterocycles. The van der Waals surface area contributed by atoms with E-state index in [1.807, 2.05) is 20.8 Å². The lowest BCUT2D eigenvalue weighted by atomic mass is 10.0. The minimum Gasteiger partial charge on any atom is -0.444 e. The quantitative estimate of drug-likeness (QED) is 0.824. The molecule has 1 heterocycles. The Kier molecular flexibility index (Phi) is 4.78. The van der Waals surface area contributed by atoms with Crippen LogP contribution in [0.3, 0.4) is 0 Å². The first-order valence-electron chi connectivity index (χ1n) is 7.54. The van der Waals surface area contributed by atoms with Crippen LogP contribution in [0.2, 0.25) is 0 Å². The monoisotopic (exact) mass is 309 g/mol. The Balaban J connectivity index is 1.86. The Morgan fingerprint density at radius 3 is 2.55 bits per heavy atom. The summed E-state index contributed by atoms with van der Waals surface area (Å²) in [6, 6.07) is 4.54. The predicted molar refractivity (Wildman–Crippen MR) is 85.4 cm³/mol. The molecule has 1 aromatic rings. The smallest absolute Gasteiger partial charge is 0.407 e. The van der Waals surface area contributed by atoms with Crippen molar-refractivity contribution >= 4 is 17.5 Å². The van der Waals surface area contributed by atoms with E-state index >= 15 is 0 Å². The van der Waals surface area contributed by atoms with E-state index in [-0.39, 0.29) is 18.0 Å². The normalized spacial score (nSPS) is 16.5. The molecule has 2 rings (SSSR count). The molecule has 1 aliphatic rings. The summed E-state index contributed by atoms with van der Waals surface area (Å²) in [6.45, 7) is 7.04. The fourth-order valence-electron chi connectivity index (χ4n) is 2.55. The Morgan fingerprint density at radius 1 is 1.36 bits per heavy atom. The van der Waals surface area contributed by atoms with Crippen LogP contribution in [0.15, 0.2) is 18.2 Å². The highest BCUT2D eigenvalue weighted by Gasteiger charge is 2.24. The number of nitrogens with zero attached hydrogens (tertiary/aromatic N) is 1. The number of nitrogens with two attached hydrogens (primary N) is 1. The van der Waals surface area contributed by atoms with Gasteiger partial charge in [0.05, 0.1) is 11.4 Å². The van der Waals surface area contributed by atoms with Gasteiger partial charge in [-0.3, -0.25) is 0 Å². The molecule has 0 unspecified atom stereocenters. The van der Waals surface area contributed by atoms with Crippen molar-refractivity contribution in [3.05, 3.63) is 24.0 Å². The number of piperidine rings is 1. The molecule has 0 aromatic heterocycles. The van der Waals surface area contributed by atoms with E-state index in [1.54, 1.807) is 6.07 Å². The topological polar surface area (TPSA) is 67.6 Å². The van der Waals surface area contributed by atoms with Crippen molar-refractivity contribution in [1.29, 1.82) is 0 Å². The fourth-order valence-corrected chi connectivity index (χ4v) is 2.55. The zero-order valence-electron chi connectivity index (χ0n) is 13.4. The van der Waals surface area contributed by atoms with Gasteiger partial charge in [-0.25, -0.2) is 9.18 Å². The molecule has 0 spiro atoms. The number of rotatable bonds is 2. The van der Waals surface area contributed by atoms with Crippen molar-refractivity contribution in [2.45, 2.75) is 45.3 Å². The number of carbonyl (C=O) groups excluding carboxylic acids is 1. The molecule has 1 amide bonds. The number of halogens is 1. The second-order valence-corrected chi connectivity index (χ2v) is 6.61. The lowest BCUT2D eigenvalue weighted by molar-refractivity contribution is 0.0497. The molecular formula is C16H24FN3O2. The van der Waals surface area contributed by atoms with E-state index in [2.05, 4.69) is 10.2 Å². The predicted octanol–water partition coefficient (Wildman–Crippen LogP) is 2.90. The number of hydrogen-bond donors (Lipinski definition) is 2. The Morgan fingerprint density at radius 2 is 2.00 bits per heavy atom. The van der Waals surface area contributed by atoms with Gasteiger partial charge in [0.2, 0.25) is 0 Å². The van der Waals surface area contributed by atoms with E-state index in [0.717, 1.165) is 31.6 Å². The number of ether oxygens (including phenoxy) is 1. The van der Waals surface area contributed by atoms with Gasteiger partial charge in [-0.2, -0.15) is 0 Å². The van der Waals surface area contributed by atoms with E-state index in [4.69, 9.17) is 10.5 Å². The van der Waals surface area contributed by atoms with E-state index in [1.165, 1.54) is 12.1 Å². The number of amides is 1. The third-order valence-corrected chi connectivity index (χ3v) is 3.55. The summed E-state index contributed by atoms with van der Waals surface area (Å²) in [5, 5.41) is 2.89. The number of nitrogen functional groups attached to an aromatic ring is 1. The molecule has 1 aromatic carbocycles. The molecule has 22 heavy (non-hydrogen) atoms. The van der Waals surface area contributed by atoms with E-state index < -0.39 is 5.60 Å². The second kappa shape index (κ2) is 6.42. The fraction of sp³-hybridized carbons (Fsp3) is 0.562. The molecule has 6 heteroatoms. The van der Waals surface area contributed by atoms with Crippen LogP contribution in [-0.2, 0) is 4.74 Å². The number of hydrogen-bond acceptors (Lipinski definition) is 4. The summed E-state index contributed by atoms with van der Waals surface area (Å²) in [5.74, 6) is -0.331. The zero-order chi connectivity index (χ0) is 16.3. The minimum atomic E-state index is -0.493. The molecule has 0 atom stereocenters. The van der Waals surface area contributed by atoms with E-state index in [9.17, 15) is 9.18 Å². The molecule has 5 nitrogen and oxygen atoms in total. The third kappa shape index (κ3) is 4.51. The van der Waals surface area contributed by atoms with E-state index in [0.29, 0.717) is 5.69 Å². The van der Waals surface area contributed by atoms with Gasteiger partial charge in [0.15, 0.2) is 0 Å². The van der Waals surface area contributed by atoms with Crippen LogP contribution in [0.25, 0.3) is 0 Å². The first kappa shape index (κ1) is 16.4. The van der Waals surface area contributed by atoms with Gasteiger partial charge >= 0.3 is 6.09 Å². The molecule has 0 saturated carbocycles. The summed E-state index contributed by atoms with van der Waals surface area (Å²) in [4.78, 5) is 13.9. The Hall–Kier alpha value is -1.98. The second-order valence-electron chi connectivity index (χ2n) is 6.61. The number of benzene rings is 1. The van der Waals surface area contributed by atoms with Crippen LogP contribution in [0.5, 0.6) is 0 Å². The van der Waals surface area contributed by atoms with Crippen molar-refractivity contribution in [1.82, 2.24) is 5.32 Å². The lowest BCUT2D eigenvalue weighted by Crippen LogP contribution is -2.46. The molecule has 0 radical (unpaired) electrons. The average Bonchev–Trinajstić information content (AvgIpc) is 2.38. The van der Waals surface area contributed by atoms with Crippen LogP contribution in [0.4, 0.5) is 20.6 Å². The largest absolute Gasteiger partial charge is 0.444 e. The summed E-state index contributed by atoms with van der Waals surface area (Å²) in [7, 11) is 0. The van der Waals surface area contributed by atoms with Crippen LogP contribution in [0.1, 0.15) is 33.6 Å². The number of alkyl carbamates (subject to hydrolysis) is 1. The van der Waals surface area contributed by atoms with Crippen LogP contribution >= 0.6 is 0 Å². The SMILES string of the molecule is CC(C)(C)OC(=O)NC1CCN(c2ccc(F)cc2N)CC1. The summed E-state index contributed by atoms with van der Waals surface area (Å²) < 4.78 is 18.4. The lowest BCUT2D eigenvalue weighted by Gasteiger charge is -2.34. The molecule has 1 aliphatic heterocycles. The van der Waals surface area contributed by atoms with Gasteiger partial charge in [-0.15, -0.1) is 0 Å². The maximum absolute atomic E-state index is 13.1. The van der Waals surface area contributed by atoms with Crippen LogP contribution in [0, 0.1) is 5.82 Å². The highest BCUT2D eigenvalue weighted by molar-refractivity contribution is 5.69. The van der Waals surface area contributed by atoms with Crippen molar-refractivity contribution < 1.29 is 13.9 Å². The highest BCUT2D eigenvalue weighted by Crippen LogP contribution is 2.27. The molecular weight excluding hydrogens is 285 g/mol. The minimum absolute atomic E-state index is 0.0905. The van der Waals surface area contributed by atoms with Crippen molar-refractivity contribution in [3.8, 4) is 0 Å². The van der Waals surface area contributed by atoms with Crippen molar-refractivity contribution in [3.63, 3.8) is 0 Å². The maximum atomic E-state index is 13.1. The zero-order valence-corrected chi connectivity index (χ0v) is 13.4. The Labute approximate surface area is 130 Å². The third-order valence-electron chi connectivity index (χ3n) is 3.55. The van der Waals surface area contributed by atoms with Crippen LogP contribution < -0.4 is 16.0 Å². The number of nitrogens with one attached hydrogen (secondary N) is 1. The number of anilines is 2. The summed E-state index contributed by atoms with van der Waals surface area (Å²) in [6.07, 6.45) is 1.22. The molecule has 3 N–H and O–H groups in total. The molecule has 0 bridgehead atoms. The van der Waals surface area contributed by atoms with Gasteiger partial charge < -0.3 is 20.7 Å². The molecule has 122 valence electrons. The van der Waals surface area contributed by atoms with Gasteiger partial charge in [0.25, 0.3) is 0 Å². The standard InChI is InChI=1S/C16H24FN3O2/c1-16(2,3)22-15(21)19-12-6-8-20(9-7-12)14-5-4-11(17)10-13(14)18/h4-5,10,12H,6-9,18H2,1-3H3,(H,19,21). The number of carbonyl (C=O) groups is 1. The first-order valence-corrected chi connectivity index (χ1v) is 7.54. The first-order chi connectivity index (χ1) is 10.2. The molecule has 1 fully saturated rings. The Bertz CT molecular complexity index is 535. The van der Waals surface area contributed by atoms with Gasteiger partial charge in [-0.1, -0.05) is 0 Å². The van der Waals surface area contributed by atoms with Crippen molar-refractivity contribution in [2.75, 3.05) is 23.7 Å². The van der Waals surface area contributed by atoms with Gasteiger partial charge in [-0.05, 0) is 51.8 Å². The molecule has 0 aliphatic carbocycles. The van der Waals surface area contributed by atoms with Crippen LogP contribution in [-0.4, -0.2) is 30.8 Å². The van der Waals surface area contributed by atoms with Gasteiger partial charge in [0.1, 0.15) is 11.4 Å². The van der Waals surface area contributed by atoms with Crippen molar-refractivity contribution in [2.24, 2.45) is 0 Å². The van der Waals surface area contributed by atoms with Gasteiger partial charge in [0, 0.05) is 19.1 Å². The maximum Gasteiger partial charge on any atom is 0.407 e. The summed E-state index contributed by atoms with van der Waals surface area (Å²) >= 11 is 0. The average molecular weight is 309 g/mol. The highest BCUT2D eigenvalue weighted by atomic mass is 19.1. The summed E-state index contributed by atoms with van der Waals surface area (Å²) in [5.41, 5.74) is 6.66.